The molecule has 0 spiro atoms. The van der Waals surface area contributed by atoms with Crippen molar-refractivity contribution in [2.75, 3.05) is 18.9 Å². The maximum absolute atomic E-state index is 11.5. The third-order valence-corrected chi connectivity index (χ3v) is 4.80. The quantitative estimate of drug-likeness (QED) is 0.701. The maximum atomic E-state index is 11.5. The number of hydrogen-bond donors (Lipinski definition) is 1. The summed E-state index contributed by atoms with van der Waals surface area (Å²) in [6, 6.07) is 7.95. The number of carbonyl (C=O) groups is 1. The molecule has 1 amide bonds. The van der Waals surface area contributed by atoms with Crippen LogP contribution < -0.4 is 10.1 Å². The molecule has 0 atom stereocenters. The fraction of sp³-hybridized carbons (Fsp3) is 0.294. The number of thiazole rings is 1. The van der Waals surface area contributed by atoms with Crippen molar-refractivity contribution in [3.63, 3.8) is 0 Å². The Morgan fingerprint density at radius 2 is 2.22 bits per heavy atom. The van der Waals surface area contributed by atoms with Crippen LogP contribution in [0, 0.1) is 0 Å². The van der Waals surface area contributed by atoms with Crippen molar-refractivity contribution in [1.29, 1.82) is 0 Å². The zero-order valence-electron chi connectivity index (χ0n) is 13.1. The molecule has 0 aliphatic carbocycles. The Balaban J connectivity index is 1.85. The molecule has 0 bridgehead atoms. The SMILES string of the molecule is C=CCNC(=O)CSCc1csc(-c2ccc(OCC)cc2)n1. The number of hydrogen-bond acceptors (Lipinski definition) is 5. The Bertz CT molecular complexity index is 638. The van der Waals surface area contributed by atoms with E-state index in [4.69, 9.17) is 4.74 Å². The van der Waals surface area contributed by atoms with Crippen molar-refractivity contribution < 1.29 is 9.53 Å². The minimum Gasteiger partial charge on any atom is -0.494 e. The fourth-order valence-electron chi connectivity index (χ4n) is 1.85. The molecule has 0 fully saturated rings. The number of carbonyl (C=O) groups excluding carboxylic acids is 1. The molecule has 0 saturated heterocycles. The van der Waals surface area contributed by atoms with Gasteiger partial charge in [0.15, 0.2) is 0 Å². The molecule has 2 aromatic rings. The van der Waals surface area contributed by atoms with Gasteiger partial charge in [-0.2, -0.15) is 0 Å². The Labute approximate surface area is 145 Å². The first kappa shape index (κ1) is 17.6. The first-order valence-electron chi connectivity index (χ1n) is 7.36. The van der Waals surface area contributed by atoms with Gasteiger partial charge in [0.1, 0.15) is 10.8 Å². The molecule has 0 aliphatic rings. The lowest BCUT2D eigenvalue weighted by molar-refractivity contribution is -0.118. The predicted octanol–water partition coefficient (Wildman–Crippen LogP) is 3.74. The molecule has 1 aromatic carbocycles. The van der Waals surface area contributed by atoms with Gasteiger partial charge in [0.25, 0.3) is 0 Å². The van der Waals surface area contributed by atoms with Crippen LogP contribution in [0.25, 0.3) is 10.6 Å². The van der Waals surface area contributed by atoms with Gasteiger partial charge in [0, 0.05) is 23.2 Å². The van der Waals surface area contributed by atoms with Gasteiger partial charge in [-0.25, -0.2) is 4.98 Å². The van der Waals surface area contributed by atoms with E-state index in [1.54, 1.807) is 29.2 Å². The maximum Gasteiger partial charge on any atom is 0.230 e. The highest BCUT2D eigenvalue weighted by molar-refractivity contribution is 7.99. The summed E-state index contributed by atoms with van der Waals surface area (Å²) in [6.07, 6.45) is 1.67. The number of ether oxygens (including phenoxy) is 1. The molecule has 0 saturated carbocycles. The highest BCUT2D eigenvalue weighted by atomic mass is 32.2. The van der Waals surface area contributed by atoms with Gasteiger partial charge in [0.05, 0.1) is 18.1 Å². The number of rotatable bonds is 9. The molecule has 0 aliphatic heterocycles. The average molecular weight is 348 g/mol. The summed E-state index contributed by atoms with van der Waals surface area (Å²) in [7, 11) is 0. The Kier molecular flexibility index (Phi) is 7.16. The van der Waals surface area contributed by atoms with Crippen molar-refractivity contribution in [2.45, 2.75) is 12.7 Å². The Morgan fingerprint density at radius 1 is 1.43 bits per heavy atom. The third-order valence-electron chi connectivity index (χ3n) is 2.89. The molecule has 1 heterocycles. The summed E-state index contributed by atoms with van der Waals surface area (Å²) in [5.41, 5.74) is 2.08. The number of nitrogens with one attached hydrogen (secondary N) is 1. The number of aromatic nitrogens is 1. The molecular weight excluding hydrogens is 328 g/mol. The fourth-order valence-corrected chi connectivity index (χ4v) is 3.53. The molecule has 1 N–H and O–H groups in total. The van der Waals surface area contributed by atoms with Crippen LogP contribution in [0.1, 0.15) is 12.6 Å². The van der Waals surface area contributed by atoms with Crippen LogP contribution in [0.5, 0.6) is 5.75 Å². The zero-order valence-corrected chi connectivity index (χ0v) is 14.7. The number of benzene rings is 1. The van der Waals surface area contributed by atoms with Crippen LogP contribution in [0.2, 0.25) is 0 Å². The summed E-state index contributed by atoms with van der Waals surface area (Å²) in [5, 5.41) is 5.79. The molecule has 0 unspecified atom stereocenters. The highest BCUT2D eigenvalue weighted by Crippen LogP contribution is 2.27. The topological polar surface area (TPSA) is 51.2 Å². The van der Waals surface area contributed by atoms with Gasteiger partial charge in [-0.05, 0) is 31.2 Å². The smallest absolute Gasteiger partial charge is 0.230 e. The summed E-state index contributed by atoms with van der Waals surface area (Å²) in [5.74, 6) is 2.06. The Hall–Kier alpha value is -1.79. The minimum atomic E-state index is 0.0249. The first-order valence-corrected chi connectivity index (χ1v) is 9.39. The largest absolute Gasteiger partial charge is 0.494 e. The second kappa shape index (κ2) is 9.37. The predicted molar refractivity (Wildman–Crippen MR) is 98.1 cm³/mol. The van der Waals surface area contributed by atoms with Gasteiger partial charge in [-0.1, -0.05) is 6.08 Å². The zero-order chi connectivity index (χ0) is 16.5. The number of nitrogens with zero attached hydrogens (tertiary/aromatic N) is 1. The highest BCUT2D eigenvalue weighted by Gasteiger charge is 2.06. The molecule has 0 radical (unpaired) electrons. The van der Waals surface area contributed by atoms with E-state index in [0.29, 0.717) is 18.9 Å². The normalized spacial score (nSPS) is 10.3. The van der Waals surface area contributed by atoms with Gasteiger partial charge < -0.3 is 10.1 Å². The van der Waals surface area contributed by atoms with Crippen LogP contribution in [0.3, 0.4) is 0 Å². The first-order chi connectivity index (χ1) is 11.2. The average Bonchev–Trinajstić information content (AvgIpc) is 3.03. The Morgan fingerprint density at radius 3 is 2.91 bits per heavy atom. The van der Waals surface area contributed by atoms with Crippen LogP contribution in [-0.4, -0.2) is 29.8 Å². The summed E-state index contributed by atoms with van der Waals surface area (Å²) >= 11 is 3.18. The van der Waals surface area contributed by atoms with Crippen LogP contribution in [0.15, 0.2) is 42.3 Å². The summed E-state index contributed by atoms with van der Waals surface area (Å²) in [4.78, 5) is 16.1. The van der Waals surface area contributed by atoms with E-state index in [1.807, 2.05) is 36.6 Å². The lowest BCUT2D eigenvalue weighted by atomic mass is 10.2. The van der Waals surface area contributed by atoms with Crippen molar-refractivity contribution in [2.24, 2.45) is 0 Å². The van der Waals surface area contributed by atoms with Gasteiger partial charge in [-0.3, -0.25) is 4.79 Å². The van der Waals surface area contributed by atoms with Gasteiger partial charge in [0.2, 0.25) is 5.91 Å². The molecule has 2 rings (SSSR count). The molecule has 4 nitrogen and oxygen atoms in total. The van der Waals surface area contributed by atoms with E-state index in [2.05, 4.69) is 16.9 Å². The van der Waals surface area contributed by atoms with E-state index in [-0.39, 0.29) is 5.91 Å². The van der Waals surface area contributed by atoms with E-state index < -0.39 is 0 Å². The van der Waals surface area contributed by atoms with Crippen molar-refractivity contribution in [3.05, 3.63) is 48.0 Å². The molecule has 23 heavy (non-hydrogen) atoms. The van der Waals surface area contributed by atoms with Crippen LogP contribution >= 0.6 is 23.1 Å². The van der Waals surface area contributed by atoms with Crippen molar-refractivity contribution in [1.82, 2.24) is 10.3 Å². The lowest BCUT2D eigenvalue weighted by Gasteiger charge is -2.03. The second-order valence-corrected chi connectivity index (χ2v) is 6.53. The standard InChI is InChI=1S/C17H20N2O2S2/c1-3-9-18-16(20)12-22-10-14-11-23-17(19-14)13-5-7-15(8-6-13)21-4-2/h3,5-8,11H,1,4,9-10,12H2,2H3,(H,18,20). The van der Waals surface area contributed by atoms with E-state index in [9.17, 15) is 4.79 Å². The lowest BCUT2D eigenvalue weighted by Crippen LogP contribution is -2.24. The molecular formula is C17H20N2O2S2. The molecule has 1 aromatic heterocycles. The van der Waals surface area contributed by atoms with Crippen LogP contribution in [0.4, 0.5) is 0 Å². The minimum absolute atomic E-state index is 0.0249. The van der Waals surface area contributed by atoms with Gasteiger partial charge >= 0.3 is 0 Å². The third kappa shape index (κ3) is 5.73. The second-order valence-electron chi connectivity index (χ2n) is 4.69. The molecule has 122 valence electrons. The summed E-state index contributed by atoms with van der Waals surface area (Å²) < 4.78 is 5.44. The van der Waals surface area contributed by atoms with E-state index in [1.165, 1.54) is 0 Å². The van der Waals surface area contributed by atoms with E-state index >= 15 is 0 Å². The number of thioether (sulfide) groups is 1. The van der Waals surface area contributed by atoms with Crippen molar-refractivity contribution in [3.8, 4) is 16.3 Å². The van der Waals surface area contributed by atoms with Crippen molar-refractivity contribution >= 4 is 29.0 Å². The summed E-state index contributed by atoms with van der Waals surface area (Å²) in [6.45, 7) is 6.72. The molecule has 6 heteroatoms. The van der Waals surface area contributed by atoms with E-state index in [0.717, 1.165) is 27.8 Å². The monoisotopic (exact) mass is 348 g/mol. The van der Waals surface area contributed by atoms with Crippen LogP contribution in [-0.2, 0) is 10.5 Å². The van der Waals surface area contributed by atoms with Gasteiger partial charge in [-0.15, -0.1) is 29.7 Å². The number of amides is 1.